The van der Waals surface area contributed by atoms with Gasteiger partial charge in [-0.2, -0.15) is 0 Å². The number of fused-ring (bicyclic) bond motifs is 1. The fourth-order valence-electron chi connectivity index (χ4n) is 2.73. The largest absolute Gasteiger partial charge is 0.463 e. The second kappa shape index (κ2) is 8.36. The molecule has 0 saturated heterocycles. The Bertz CT molecular complexity index is 1140. The second-order valence-electron chi connectivity index (χ2n) is 7.89. The third kappa shape index (κ3) is 4.74. The van der Waals surface area contributed by atoms with E-state index in [-0.39, 0.29) is 11.2 Å². The van der Waals surface area contributed by atoms with Crippen molar-refractivity contribution in [1.29, 1.82) is 0 Å². The summed E-state index contributed by atoms with van der Waals surface area (Å²) in [5, 5.41) is 4.00. The molecule has 30 heavy (non-hydrogen) atoms. The Morgan fingerprint density at radius 2 is 1.77 bits per heavy atom. The van der Waals surface area contributed by atoms with Crippen molar-refractivity contribution in [3.8, 4) is 17.1 Å². The Balaban J connectivity index is 1.42. The molecule has 0 fully saturated rings. The molecule has 0 aliphatic heterocycles. The van der Waals surface area contributed by atoms with Crippen molar-refractivity contribution in [2.75, 3.05) is 11.9 Å². The minimum absolute atomic E-state index is 0.0995. The molecule has 4 aromatic rings. The first kappa shape index (κ1) is 20.2. The van der Waals surface area contributed by atoms with Crippen molar-refractivity contribution in [3.63, 3.8) is 0 Å². The van der Waals surface area contributed by atoms with E-state index < -0.39 is 0 Å². The third-order valence-electron chi connectivity index (χ3n) is 5.00. The van der Waals surface area contributed by atoms with Crippen LogP contribution in [0.25, 0.3) is 21.3 Å². The van der Waals surface area contributed by atoms with Gasteiger partial charge in [0.1, 0.15) is 5.82 Å². The van der Waals surface area contributed by atoms with Crippen LogP contribution in [0.4, 0.5) is 15.2 Å². The molecule has 0 unspecified atom stereocenters. The number of nitrogens with one attached hydrogen (secondary N) is 1. The smallest absolute Gasteiger partial charge is 0.316 e. The van der Waals surface area contributed by atoms with Crippen LogP contribution in [0.2, 0.25) is 0 Å². The van der Waals surface area contributed by atoms with Gasteiger partial charge in [-0.3, -0.25) is 0 Å². The van der Waals surface area contributed by atoms with Gasteiger partial charge >= 0.3 is 6.01 Å². The minimum Gasteiger partial charge on any atom is -0.463 e. The van der Waals surface area contributed by atoms with E-state index in [0.29, 0.717) is 18.1 Å². The topological polar surface area (TPSA) is 59.9 Å². The zero-order valence-electron chi connectivity index (χ0n) is 17.1. The Morgan fingerprint density at radius 1 is 1.03 bits per heavy atom. The van der Waals surface area contributed by atoms with Gasteiger partial charge in [-0.15, -0.1) is 0 Å². The maximum absolute atomic E-state index is 13.3. The fraction of sp³-hybridized carbons (Fsp3) is 0.261. The molecule has 0 aliphatic rings. The van der Waals surface area contributed by atoms with Crippen molar-refractivity contribution in [3.05, 3.63) is 60.7 Å². The number of thiazole rings is 1. The van der Waals surface area contributed by atoms with Crippen molar-refractivity contribution in [2.24, 2.45) is 5.41 Å². The number of ether oxygens (including phenoxy) is 1. The molecule has 0 amide bonds. The standard InChI is InChI=1S/C23H23FN4OS/c1-4-23(2,3)14-29-21-25-12-16(13-26-21)15-5-8-18(9-6-15)27-22-28-19-11-17(24)7-10-20(19)30-22/h5-13H,4,14H2,1-3H3,(H,27,28). The summed E-state index contributed by atoms with van der Waals surface area (Å²) in [6.45, 7) is 7.04. The normalized spacial score (nSPS) is 11.6. The molecule has 0 saturated carbocycles. The molecule has 0 spiro atoms. The first-order chi connectivity index (χ1) is 14.4. The molecule has 0 aliphatic carbocycles. The highest BCUT2D eigenvalue weighted by atomic mass is 32.1. The Labute approximate surface area is 179 Å². The average Bonchev–Trinajstić information content (AvgIpc) is 3.14. The molecular formula is C23H23FN4OS. The third-order valence-corrected chi connectivity index (χ3v) is 5.95. The van der Waals surface area contributed by atoms with Gasteiger partial charge in [0, 0.05) is 29.7 Å². The van der Waals surface area contributed by atoms with E-state index in [1.54, 1.807) is 18.5 Å². The highest BCUT2D eigenvalue weighted by Crippen LogP contribution is 2.30. The SMILES string of the molecule is CCC(C)(C)COc1ncc(-c2ccc(Nc3nc4cc(F)ccc4s3)cc2)cn1. The zero-order valence-corrected chi connectivity index (χ0v) is 18.0. The molecule has 2 aromatic carbocycles. The van der Waals surface area contributed by atoms with Crippen LogP contribution >= 0.6 is 11.3 Å². The van der Waals surface area contributed by atoms with Crippen LogP contribution in [-0.2, 0) is 0 Å². The number of aromatic nitrogens is 3. The number of hydrogen-bond donors (Lipinski definition) is 1. The first-order valence-electron chi connectivity index (χ1n) is 9.80. The maximum Gasteiger partial charge on any atom is 0.316 e. The number of benzene rings is 2. The molecule has 5 nitrogen and oxygen atoms in total. The van der Waals surface area contributed by atoms with E-state index in [1.165, 1.54) is 23.5 Å². The van der Waals surface area contributed by atoms with Gasteiger partial charge in [0.2, 0.25) is 0 Å². The van der Waals surface area contributed by atoms with Crippen LogP contribution < -0.4 is 10.1 Å². The van der Waals surface area contributed by atoms with E-state index >= 15 is 0 Å². The maximum atomic E-state index is 13.3. The van der Waals surface area contributed by atoms with Crippen LogP contribution in [0.3, 0.4) is 0 Å². The van der Waals surface area contributed by atoms with Crippen LogP contribution in [0.5, 0.6) is 6.01 Å². The van der Waals surface area contributed by atoms with E-state index in [1.807, 2.05) is 24.3 Å². The summed E-state index contributed by atoms with van der Waals surface area (Å²) in [7, 11) is 0. The molecule has 4 rings (SSSR count). The van der Waals surface area contributed by atoms with Gasteiger partial charge in [0.15, 0.2) is 5.13 Å². The predicted molar refractivity (Wildman–Crippen MR) is 120 cm³/mol. The van der Waals surface area contributed by atoms with Gasteiger partial charge in [0.25, 0.3) is 0 Å². The molecule has 1 N–H and O–H groups in total. The Kier molecular flexibility index (Phi) is 5.63. The van der Waals surface area contributed by atoms with E-state index in [0.717, 1.165) is 33.1 Å². The van der Waals surface area contributed by atoms with Gasteiger partial charge in [-0.05, 0) is 41.7 Å². The number of nitrogens with zero attached hydrogens (tertiary/aromatic N) is 3. The second-order valence-corrected chi connectivity index (χ2v) is 8.92. The van der Waals surface area contributed by atoms with Gasteiger partial charge < -0.3 is 10.1 Å². The van der Waals surface area contributed by atoms with Crippen LogP contribution in [0.15, 0.2) is 54.9 Å². The molecule has 0 atom stereocenters. The summed E-state index contributed by atoms with van der Waals surface area (Å²) < 4.78 is 20.0. The number of hydrogen-bond acceptors (Lipinski definition) is 6. The van der Waals surface area contributed by atoms with Gasteiger partial charge in [-0.25, -0.2) is 19.3 Å². The lowest BCUT2D eigenvalue weighted by molar-refractivity contribution is 0.164. The van der Waals surface area contributed by atoms with E-state index in [9.17, 15) is 4.39 Å². The first-order valence-corrected chi connectivity index (χ1v) is 10.6. The number of anilines is 2. The summed E-state index contributed by atoms with van der Waals surface area (Å²) in [5.74, 6) is -0.281. The average molecular weight is 423 g/mol. The Hall–Kier alpha value is -3.06. The fourth-order valence-corrected chi connectivity index (χ4v) is 3.59. The molecule has 0 radical (unpaired) electrons. The summed E-state index contributed by atoms with van der Waals surface area (Å²) in [6.07, 6.45) is 4.57. The predicted octanol–water partition coefficient (Wildman–Crippen LogP) is 6.45. The molecule has 0 bridgehead atoms. The van der Waals surface area contributed by atoms with Gasteiger partial charge in [-0.1, -0.05) is 44.2 Å². The van der Waals surface area contributed by atoms with Crippen molar-refractivity contribution < 1.29 is 9.13 Å². The molecule has 2 aromatic heterocycles. The molecule has 2 heterocycles. The van der Waals surface area contributed by atoms with Crippen molar-refractivity contribution in [1.82, 2.24) is 15.0 Å². The van der Waals surface area contributed by atoms with Crippen molar-refractivity contribution >= 4 is 32.4 Å². The van der Waals surface area contributed by atoms with Gasteiger partial charge in [0.05, 0.1) is 16.8 Å². The van der Waals surface area contributed by atoms with Crippen molar-refractivity contribution in [2.45, 2.75) is 27.2 Å². The summed E-state index contributed by atoms with van der Waals surface area (Å²) in [4.78, 5) is 13.1. The minimum atomic E-state index is -0.281. The van der Waals surface area contributed by atoms with E-state index in [4.69, 9.17) is 4.74 Å². The summed E-state index contributed by atoms with van der Waals surface area (Å²) in [5.41, 5.74) is 3.58. The quantitative estimate of drug-likeness (QED) is 0.371. The zero-order chi connectivity index (χ0) is 21.1. The van der Waals surface area contributed by atoms with Crippen LogP contribution in [0.1, 0.15) is 27.2 Å². The Morgan fingerprint density at radius 3 is 2.47 bits per heavy atom. The lowest BCUT2D eigenvalue weighted by atomic mass is 9.92. The molecule has 154 valence electrons. The molecular weight excluding hydrogens is 399 g/mol. The lowest BCUT2D eigenvalue weighted by Gasteiger charge is -2.21. The van der Waals surface area contributed by atoms with Crippen LogP contribution in [0, 0.1) is 11.2 Å². The lowest BCUT2D eigenvalue weighted by Crippen LogP contribution is -2.20. The summed E-state index contributed by atoms with van der Waals surface area (Å²) >= 11 is 1.49. The number of rotatable bonds is 7. The molecule has 7 heteroatoms. The highest BCUT2D eigenvalue weighted by Gasteiger charge is 2.16. The van der Waals surface area contributed by atoms with Crippen LogP contribution in [-0.4, -0.2) is 21.6 Å². The monoisotopic (exact) mass is 422 g/mol. The number of halogens is 1. The van der Waals surface area contributed by atoms with E-state index in [2.05, 4.69) is 41.0 Å². The summed E-state index contributed by atoms with van der Waals surface area (Å²) in [6, 6.07) is 13.0. The highest BCUT2D eigenvalue weighted by molar-refractivity contribution is 7.22.